The van der Waals surface area contributed by atoms with Crippen LogP contribution in [0.25, 0.3) is 0 Å². The van der Waals surface area contributed by atoms with Gasteiger partial charge in [0.1, 0.15) is 5.38 Å². The van der Waals surface area contributed by atoms with Crippen LogP contribution in [0.15, 0.2) is 23.1 Å². The van der Waals surface area contributed by atoms with E-state index in [2.05, 4.69) is 0 Å². The Morgan fingerprint density at radius 2 is 2.16 bits per heavy atom. The Labute approximate surface area is 117 Å². The van der Waals surface area contributed by atoms with Crippen molar-refractivity contribution in [2.45, 2.75) is 29.1 Å². The second-order valence-corrected chi connectivity index (χ2v) is 5.29. The molecule has 0 bridgehead atoms. The highest BCUT2D eigenvalue weighted by atomic mass is 35.5. The van der Waals surface area contributed by atoms with Gasteiger partial charge in [0.2, 0.25) is 0 Å². The minimum atomic E-state index is -4.41. The Hall–Kier alpha value is -1.19. The van der Waals surface area contributed by atoms with E-state index in [1.54, 1.807) is 0 Å². The third kappa shape index (κ3) is 4.77. The molecule has 0 N–H and O–H groups in total. The van der Waals surface area contributed by atoms with Crippen LogP contribution in [0.1, 0.15) is 23.4 Å². The maximum atomic E-state index is 12.3. The molecular formula is C12H9ClF3NOS. The number of ketones is 1. The van der Waals surface area contributed by atoms with Gasteiger partial charge in [0.05, 0.1) is 12.5 Å². The van der Waals surface area contributed by atoms with Crippen molar-refractivity contribution in [2.24, 2.45) is 0 Å². The Morgan fingerprint density at radius 1 is 1.53 bits per heavy atom. The van der Waals surface area contributed by atoms with E-state index < -0.39 is 10.9 Å². The van der Waals surface area contributed by atoms with Gasteiger partial charge in [-0.1, -0.05) is 6.07 Å². The highest BCUT2D eigenvalue weighted by Gasteiger charge is 2.30. The number of alkyl halides is 4. The molecule has 19 heavy (non-hydrogen) atoms. The maximum Gasteiger partial charge on any atom is 0.446 e. The summed E-state index contributed by atoms with van der Waals surface area (Å²) in [7, 11) is 0. The Bertz CT molecular complexity index is 525. The smallest absolute Gasteiger partial charge is 0.298 e. The van der Waals surface area contributed by atoms with E-state index in [9.17, 15) is 18.0 Å². The number of hydrogen-bond acceptors (Lipinski definition) is 3. The lowest BCUT2D eigenvalue weighted by Gasteiger charge is -2.13. The summed E-state index contributed by atoms with van der Waals surface area (Å²) in [6.07, 6.45) is -0.0111. The molecular weight excluding hydrogens is 299 g/mol. The predicted molar refractivity (Wildman–Crippen MR) is 66.9 cm³/mol. The van der Waals surface area contributed by atoms with Crippen LogP contribution in [0.2, 0.25) is 0 Å². The molecule has 1 aromatic rings. The fourth-order valence-electron chi connectivity index (χ4n) is 1.47. The molecule has 7 heteroatoms. The normalized spacial score (nSPS) is 12.8. The summed E-state index contributed by atoms with van der Waals surface area (Å²) in [6, 6.07) is 5.75. The van der Waals surface area contributed by atoms with Crippen LogP contribution in [0, 0.1) is 11.3 Å². The number of Topliss-reactive ketones (excluding diaryl/α,β-unsaturated/α-hetero) is 1. The zero-order chi connectivity index (χ0) is 14.6. The molecule has 0 aliphatic carbocycles. The third-order valence-electron chi connectivity index (χ3n) is 2.25. The summed E-state index contributed by atoms with van der Waals surface area (Å²) in [6.45, 7) is 1.25. The summed E-state index contributed by atoms with van der Waals surface area (Å²) < 4.78 is 36.9. The van der Waals surface area contributed by atoms with Crippen LogP contribution in [0.3, 0.4) is 0 Å². The highest BCUT2D eigenvalue weighted by molar-refractivity contribution is 8.00. The van der Waals surface area contributed by atoms with Crippen LogP contribution in [0.5, 0.6) is 0 Å². The molecule has 0 fully saturated rings. The third-order valence-corrected chi connectivity index (χ3v) is 3.51. The van der Waals surface area contributed by atoms with E-state index >= 15 is 0 Å². The molecule has 1 rings (SSSR count). The number of hydrogen-bond donors (Lipinski definition) is 0. The lowest BCUT2D eigenvalue weighted by atomic mass is 10.0. The first-order chi connectivity index (χ1) is 8.74. The van der Waals surface area contributed by atoms with Gasteiger partial charge in [0.25, 0.3) is 0 Å². The van der Waals surface area contributed by atoms with Crippen LogP contribution >= 0.6 is 23.4 Å². The second kappa shape index (κ2) is 6.31. The van der Waals surface area contributed by atoms with Gasteiger partial charge in [-0.25, -0.2) is 0 Å². The highest BCUT2D eigenvalue weighted by Crippen LogP contribution is 2.39. The van der Waals surface area contributed by atoms with Gasteiger partial charge in [-0.05, 0) is 41.9 Å². The van der Waals surface area contributed by atoms with Crippen molar-refractivity contribution in [3.05, 3.63) is 29.3 Å². The number of thioether (sulfide) groups is 1. The molecule has 0 radical (unpaired) electrons. The zero-order valence-electron chi connectivity index (χ0n) is 9.79. The molecule has 1 unspecified atom stereocenters. The predicted octanol–water partition coefficient (Wildman–Crippen LogP) is 4.23. The summed E-state index contributed by atoms with van der Waals surface area (Å²) in [5.41, 5.74) is -3.69. The number of carbonyl (C=O) groups excluding carboxylic acids is 1. The monoisotopic (exact) mass is 307 g/mol. The summed E-state index contributed by atoms with van der Waals surface area (Å²) in [5.74, 6) is -0.380. The number of rotatable bonds is 4. The van der Waals surface area contributed by atoms with Gasteiger partial charge in [-0.15, -0.1) is 11.6 Å². The van der Waals surface area contributed by atoms with E-state index in [1.807, 2.05) is 6.07 Å². The van der Waals surface area contributed by atoms with Crippen LogP contribution in [0.4, 0.5) is 13.2 Å². The average Bonchev–Trinajstić information content (AvgIpc) is 2.28. The van der Waals surface area contributed by atoms with Crippen molar-refractivity contribution in [1.82, 2.24) is 0 Å². The second-order valence-electron chi connectivity index (χ2n) is 3.72. The van der Waals surface area contributed by atoms with Crippen LogP contribution < -0.4 is 0 Å². The van der Waals surface area contributed by atoms with E-state index in [1.165, 1.54) is 25.1 Å². The maximum absolute atomic E-state index is 12.3. The molecule has 0 amide bonds. The molecule has 2 nitrogen and oxygen atoms in total. The molecule has 1 aromatic carbocycles. The quantitative estimate of drug-likeness (QED) is 0.617. The van der Waals surface area contributed by atoms with Crippen molar-refractivity contribution >= 4 is 29.1 Å². The minimum Gasteiger partial charge on any atom is -0.298 e. The fourth-order valence-corrected chi connectivity index (χ4v) is 2.26. The van der Waals surface area contributed by atoms with E-state index in [-0.39, 0.29) is 34.4 Å². The van der Waals surface area contributed by atoms with Gasteiger partial charge in [-0.3, -0.25) is 4.79 Å². The Balaban J connectivity index is 3.19. The van der Waals surface area contributed by atoms with Gasteiger partial charge in [-0.2, -0.15) is 18.4 Å². The van der Waals surface area contributed by atoms with Crippen molar-refractivity contribution < 1.29 is 18.0 Å². The standard InChI is InChI=1S/C12H9ClF3NOS/c1-7(18)11(13)10-6-9(19-12(14,15)16)3-2-8(10)4-5-17/h2-3,6,11H,4H2,1H3. The van der Waals surface area contributed by atoms with E-state index in [4.69, 9.17) is 16.9 Å². The molecule has 0 spiro atoms. The van der Waals surface area contributed by atoms with Gasteiger partial charge >= 0.3 is 5.51 Å². The largest absolute Gasteiger partial charge is 0.446 e. The van der Waals surface area contributed by atoms with Gasteiger partial charge in [0, 0.05) is 4.90 Å². The lowest BCUT2D eigenvalue weighted by molar-refractivity contribution is -0.116. The topological polar surface area (TPSA) is 40.9 Å². The number of nitrogens with zero attached hydrogens (tertiary/aromatic N) is 1. The molecule has 0 heterocycles. The molecule has 0 saturated carbocycles. The first-order valence-corrected chi connectivity index (χ1v) is 6.40. The Morgan fingerprint density at radius 3 is 2.63 bits per heavy atom. The SMILES string of the molecule is CC(=O)C(Cl)c1cc(SC(F)(F)F)ccc1CC#N. The number of halogens is 4. The van der Waals surface area contributed by atoms with E-state index in [0.717, 1.165) is 0 Å². The van der Waals surface area contributed by atoms with E-state index in [0.29, 0.717) is 5.56 Å². The molecule has 0 aliphatic rings. The fraction of sp³-hybridized carbons (Fsp3) is 0.333. The lowest BCUT2D eigenvalue weighted by Crippen LogP contribution is -2.06. The molecule has 102 valence electrons. The van der Waals surface area contributed by atoms with Crippen molar-refractivity contribution in [2.75, 3.05) is 0 Å². The first kappa shape index (κ1) is 15.9. The van der Waals surface area contributed by atoms with Crippen molar-refractivity contribution in [3.8, 4) is 6.07 Å². The van der Waals surface area contributed by atoms with Crippen molar-refractivity contribution in [3.63, 3.8) is 0 Å². The van der Waals surface area contributed by atoms with Crippen LogP contribution in [-0.2, 0) is 11.2 Å². The molecule has 0 aliphatic heterocycles. The van der Waals surface area contributed by atoms with Crippen LogP contribution in [-0.4, -0.2) is 11.3 Å². The van der Waals surface area contributed by atoms with Gasteiger partial charge in [0.15, 0.2) is 5.78 Å². The summed E-state index contributed by atoms with van der Waals surface area (Å²) in [4.78, 5) is 11.2. The number of nitriles is 1. The first-order valence-electron chi connectivity index (χ1n) is 5.14. The molecule has 1 atom stereocenters. The average molecular weight is 308 g/mol. The van der Waals surface area contributed by atoms with Gasteiger partial charge < -0.3 is 0 Å². The number of benzene rings is 1. The molecule has 0 saturated heterocycles. The summed E-state index contributed by atoms with van der Waals surface area (Å²) in [5, 5.41) is 7.61. The minimum absolute atomic E-state index is 0.0111. The molecule has 0 aromatic heterocycles. The Kier molecular flexibility index (Phi) is 5.27. The number of carbonyl (C=O) groups is 1. The van der Waals surface area contributed by atoms with Crippen molar-refractivity contribution in [1.29, 1.82) is 5.26 Å². The summed E-state index contributed by atoms with van der Waals surface area (Å²) >= 11 is 5.59. The zero-order valence-corrected chi connectivity index (χ0v) is 11.4.